The lowest BCUT2D eigenvalue weighted by molar-refractivity contribution is 0.414. The number of H-pyrrole nitrogens is 1. The fraction of sp³-hybridized carbons (Fsp3) is 0.133. The van der Waals surface area contributed by atoms with Gasteiger partial charge in [-0.05, 0) is 29.8 Å². The summed E-state index contributed by atoms with van der Waals surface area (Å²) in [6.07, 6.45) is 3.72. The second kappa shape index (κ2) is 5.02. The van der Waals surface area contributed by atoms with Crippen molar-refractivity contribution < 1.29 is 4.74 Å². The number of anilines is 1. The van der Waals surface area contributed by atoms with Gasteiger partial charge in [0.25, 0.3) is 0 Å². The fourth-order valence-corrected chi connectivity index (χ4v) is 2.08. The average Bonchev–Trinajstić information content (AvgIpc) is 2.89. The number of aromatic amines is 1. The van der Waals surface area contributed by atoms with Gasteiger partial charge >= 0.3 is 0 Å². The second-order valence-corrected chi connectivity index (χ2v) is 4.31. The Hall–Kier alpha value is -2.49. The Kier molecular flexibility index (Phi) is 3.06. The molecule has 2 aromatic heterocycles. The van der Waals surface area contributed by atoms with Gasteiger partial charge in [-0.15, -0.1) is 0 Å². The number of pyridine rings is 1. The van der Waals surface area contributed by atoms with Gasteiger partial charge in [-0.2, -0.15) is 0 Å². The summed E-state index contributed by atoms with van der Waals surface area (Å²) in [6.45, 7) is 0.749. The number of fused-ring (bicyclic) bond motifs is 1. The van der Waals surface area contributed by atoms with E-state index < -0.39 is 0 Å². The molecule has 1 aromatic carbocycles. The zero-order valence-electron chi connectivity index (χ0n) is 10.7. The standard InChI is InChI=1S/C15H15N3O/c1-19-12-5-2-4-11(8-12)9-17-14-10-18-15-13(14)6-3-7-16-15/h2-8,10,17H,9H2,1H3,(H,16,18). The van der Waals surface area contributed by atoms with E-state index in [4.69, 9.17) is 4.74 Å². The van der Waals surface area contributed by atoms with Crippen molar-refractivity contribution in [2.45, 2.75) is 6.54 Å². The predicted molar refractivity (Wildman–Crippen MR) is 76.4 cm³/mol. The van der Waals surface area contributed by atoms with Crippen molar-refractivity contribution in [3.8, 4) is 5.75 Å². The van der Waals surface area contributed by atoms with Crippen LogP contribution < -0.4 is 10.1 Å². The van der Waals surface area contributed by atoms with Crippen molar-refractivity contribution in [1.82, 2.24) is 9.97 Å². The highest BCUT2D eigenvalue weighted by atomic mass is 16.5. The van der Waals surface area contributed by atoms with Crippen LogP contribution in [0.3, 0.4) is 0 Å². The van der Waals surface area contributed by atoms with E-state index in [9.17, 15) is 0 Å². The van der Waals surface area contributed by atoms with E-state index in [0.717, 1.165) is 29.0 Å². The fourth-order valence-electron chi connectivity index (χ4n) is 2.08. The van der Waals surface area contributed by atoms with E-state index in [1.165, 1.54) is 5.56 Å². The molecule has 0 saturated carbocycles. The van der Waals surface area contributed by atoms with E-state index in [2.05, 4.69) is 21.4 Å². The summed E-state index contributed by atoms with van der Waals surface area (Å²) in [7, 11) is 1.68. The first-order chi connectivity index (χ1) is 9.36. The minimum atomic E-state index is 0.749. The number of benzene rings is 1. The Bertz CT molecular complexity index is 690. The smallest absolute Gasteiger partial charge is 0.139 e. The van der Waals surface area contributed by atoms with Crippen molar-refractivity contribution in [3.63, 3.8) is 0 Å². The molecule has 0 bridgehead atoms. The zero-order valence-corrected chi connectivity index (χ0v) is 10.7. The van der Waals surface area contributed by atoms with Gasteiger partial charge in [0.2, 0.25) is 0 Å². The molecule has 0 aliphatic rings. The monoisotopic (exact) mass is 253 g/mol. The normalized spacial score (nSPS) is 10.6. The van der Waals surface area contributed by atoms with Crippen molar-refractivity contribution in [2.75, 3.05) is 12.4 Å². The van der Waals surface area contributed by atoms with Crippen molar-refractivity contribution in [2.24, 2.45) is 0 Å². The van der Waals surface area contributed by atoms with E-state index >= 15 is 0 Å². The summed E-state index contributed by atoms with van der Waals surface area (Å²) in [4.78, 5) is 7.42. The van der Waals surface area contributed by atoms with Crippen LogP contribution >= 0.6 is 0 Å². The number of nitrogens with one attached hydrogen (secondary N) is 2. The molecule has 0 aliphatic heterocycles. The van der Waals surface area contributed by atoms with Crippen LogP contribution in [0.2, 0.25) is 0 Å². The molecule has 2 heterocycles. The van der Waals surface area contributed by atoms with E-state index in [1.807, 2.05) is 36.5 Å². The second-order valence-electron chi connectivity index (χ2n) is 4.31. The van der Waals surface area contributed by atoms with Gasteiger partial charge < -0.3 is 15.0 Å². The first-order valence-corrected chi connectivity index (χ1v) is 6.16. The Morgan fingerprint density at radius 2 is 2.21 bits per heavy atom. The first-order valence-electron chi connectivity index (χ1n) is 6.16. The molecule has 0 atom stereocenters. The lowest BCUT2D eigenvalue weighted by Gasteiger charge is -2.06. The highest BCUT2D eigenvalue weighted by Gasteiger charge is 2.03. The molecule has 96 valence electrons. The third kappa shape index (κ3) is 2.38. The predicted octanol–water partition coefficient (Wildman–Crippen LogP) is 3.18. The molecule has 0 saturated heterocycles. The molecule has 3 aromatic rings. The van der Waals surface area contributed by atoms with Crippen LogP contribution in [0.1, 0.15) is 5.56 Å². The molecule has 0 unspecified atom stereocenters. The lowest BCUT2D eigenvalue weighted by Crippen LogP contribution is -1.98. The summed E-state index contributed by atoms with van der Waals surface area (Å²) >= 11 is 0. The number of hydrogen-bond donors (Lipinski definition) is 2. The summed E-state index contributed by atoms with van der Waals surface area (Å²) < 4.78 is 5.22. The van der Waals surface area contributed by atoms with Gasteiger partial charge in [-0.25, -0.2) is 4.98 Å². The highest BCUT2D eigenvalue weighted by Crippen LogP contribution is 2.22. The van der Waals surface area contributed by atoms with Crippen molar-refractivity contribution >= 4 is 16.7 Å². The summed E-state index contributed by atoms with van der Waals surface area (Å²) in [6, 6.07) is 12.0. The molecule has 0 fully saturated rings. The molecular weight excluding hydrogens is 238 g/mol. The number of rotatable bonds is 4. The third-order valence-corrected chi connectivity index (χ3v) is 3.07. The van der Waals surface area contributed by atoms with Crippen LogP contribution in [0.4, 0.5) is 5.69 Å². The zero-order chi connectivity index (χ0) is 13.1. The van der Waals surface area contributed by atoms with Gasteiger partial charge in [0.1, 0.15) is 11.4 Å². The lowest BCUT2D eigenvalue weighted by atomic mass is 10.2. The van der Waals surface area contributed by atoms with E-state index in [-0.39, 0.29) is 0 Å². The molecule has 19 heavy (non-hydrogen) atoms. The number of methoxy groups -OCH3 is 1. The van der Waals surface area contributed by atoms with Crippen LogP contribution in [-0.2, 0) is 6.54 Å². The Morgan fingerprint density at radius 1 is 1.26 bits per heavy atom. The summed E-state index contributed by atoms with van der Waals surface area (Å²) in [5.41, 5.74) is 3.14. The maximum atomic E-state index is 5.22. The van der Waals surface area contributed by atoms with Gasteiger partial charge in [0.15, 0.2) is 0 Å². The molecule has 0 spiro atoms. The number of ether oxygens (including phenoxy) is 1. The van der Waals surface area contributed by atoms with E-state index in [0.29, 0.717) is 0 Å². The van der Waals surface area contributed by atoms with Crippen molar-refractivity contribution in [1.29, 1.82) is 0 Å². The molecule has 2 N–H and O–H groups in total. The number of nitrogens with zero attached hydrogens (tertiary/aromatic N) is 1. The van der Waals surface area contributed by atoms with E-state index in [1.54, 1.807) is 13.3 Å². The quantitative estimate of drug-likeness (QED) is 0.750. The Labute approximate surface area is 111 Å². The van der Waals surface area contributed by atoms with Crippen LogP contribution in [0.25, 0.3) is 11.0 Å². The molecule has 0 amide bonds. The maximum Gasteiger partial charge on any atom is 0.139 e. The number of hydrogen-bond acceptors (Lipinski definition) is 3. The first kappa shape index (κ1) is 11.6. The summed E-state index contributed by atoms with van der Waals surface area (Å²) in [5, 5.41) is 4.51. The molecule has 0 aliphatic carbocycles. The topological polar surface area (TPSA) is 49.9 Å². The van der Waals surface area contributed by atoms with Crippen LogP contribution in [0, 0.1) is 0 Å². The molecule has 4 heteroatoms. The number of aromatic nitrogens is 2. The SMILES string of the molecule is COc1cccc(CNc2c[nH]c3ncccc23)c1. The Morgan fingerprint density at radius 3 is 3.11 bits per heavy atom. The van der Waals surface area contributed by atoms with Crippen LogP contribution in [0.5, 0.6) is 5.75 Å². The minimum absolute atomic E-state index is 0.749. The van der Waals surface area contributed by atoms with Crippen LogP contribution in [-0.4, -0.2) is 17.1 Å². The molecular formula is C15H15N3O. The van der Waals surface area contributed by atoms with Crippen LogP contribution in [0.15, 0.2) is 48.8 Å². The maximum absolute atomic E-state index is 5.22. The molecule has 0 radical (unpaired) electrons. The van der Waals surface area contributed by atoms with Gasteiger partial charge in [0, 0.05) is 24.3 Å². The Balaban J connectivity index is 1.78. The largest absolute Gasteiger partial charge is 0.497 e. The van der Waals surface area contributed by atoms with Crippen molar-refractivity contribution in [3.05, 3.63) is 54.4 Å². The third-order valence-electron chi connectivity index (χ3n) is 3.07. The van der Waals surface area contributed by atoms with Gasteiger partial charge in [0.05, 0.1) is 12.8 Å². The summed E-state index contributed by atoms with van der Waals surface area (Å²) in [5.74, 6) is 0.875. The molecule has 4 nitrogen and oxygen atoms in total. The average molecular weight is 253 g/mol. The van der Waals surface area contributed by atoms with Gasteiger partial charge in [-0.3, -0.25) is 0 Å². The van der Waals surface area contributed by atoms with Gasteiger partial charge in [-0.1, -0.05) is 12.1 Å². The molecule has 3 rings (SSSR count). The highest BCUT2D eigenvalue weighted by molar-refractivity contribution is 5.89. The minimum Gasteiger partial charge on any atom is -0.497 e.